The van der Waals surface area contributed by atoms with Crippen LogP contribution in [-0.4, -0.2) is 31.3 Å². The van der Waals surface area contributed by atoms with Gasteiger partial charge < -0.3 is 19.9 Å². The van der Waals surface area contributed by atoms with E-state index in [-0.39, 0.29) is 0 Å². The molecule has 0 spiro atoms. The van der Waals surface area contributed by atoms with Crippen LogP contribution < -0.4 is 19.9 Å². The second-order valence-corrected chi connectivity index (χ2v) is 6.43. The number of thiocyanates is 1. The SMILES string of the molecule is COc1ccc(Cc2nc(N)c3cc(SC#N)c(OC)cc3n2)cc1OC. The van der Waals surface area contributed by atoms with Crippen molar-refractivity contribution in [3.05, 3.63) is 41.7 Å². The number of nitriles is 1. The van der Waals surface area contributed by atoms with Gasteiger partial charge in [0, 0.05) is 17.9 Å². The maximum atomic E-state index is 8.95. The molecule has 2 N–H and O–H groups in total. The number of benzene rings is 2. The fourth-order valence-electron chi connectivity index (χ4n) is 2.75. The lowest BCUT2D eigenvalue weighted by atomic mass is 10.1. The first kappa shape index (κ1) is 18.6. The lowest BCUT2D eigenvalue weighted by Crippen LogP contribution is -2.03. The highest BCUT2D eigenvalue weighted by atomic mass is 32.2. The van der Waals surface area contributed by atoms with Crippen molar-refractivity contribution in [2.75, 3.05) is 27.1 Å². The molecule has 0 saturated heterocycles. The van der Waals surface area contributed by atoms with Crippen molar-refractivity contribution in [2.24, 2.45) is 0 Å². The topological polar surface area (TPSA) is 103 Å². The molecule has 27 heavy (non-hydrogen) atoms. The first-order valence-corrected chi connectivity index (χ1v) is 8.82. The molecule has 3 rings (SSSR count). The van der Waals surface area contributed by atoms with E-state index in [9.17, 15) is 0 Å². The Kier molecular flexibility index (Phi) is 5.52. The van der Waals surface area contributed by atoms with Crippen LogP contribution in [0.1, 0.15) is 11.4 Å². The van der Waals surface area contributed by atoms with Crippen LogP contribution in [0.3, 0.4) is 0 Å². The number of hydrogen-bond donors (Lipinski definition) is 1. The van der Waals surface area contributed by atoms with Crippen LogP contribution in [0.4, 0.5) is 5.82 Å². The third kappa shape index (κ3) is 3.83. The van der Waals surface area contributed by atoms with Crippen LogP contribution in [0.5, 0.6) is 17.2 Å². The second kappa shape index (κ2) is 8.01. The molecular weight excluding hydrogens is 364 g/mol. The molecule has 0 unspecified atom stereocenters. The van der Waals surface area contributed by atoms with Crippen LogP contribution in [0.2, 0.25) is 0 Å². The van der Waals surface area contributed by atoms with Crippen LogP contribution >= 0.6 is 11.8 Å². The highest BCUT2D eigenvalue weighted by Crippen LogP contribution is 2.34. The van der Waals surface area contributed by atoms with Gasteiger partial charge in [-0.25, -0.2) is 9.97 Å². The largest absolute Gasteiger partial charge is 0.495 e. The van der Waals surface area contributed by atoms with E-state index < -0.39 is 0 Å². The Morgan fingerprint density at radius 3 is 2.41 bits per heavy atom. The Morgan fingerprint density at radius 2 is 1.74 bits per heavy atom. The molecule has 2 aromatic carbocycles. The average Bonchev–Trinajstić information content (AvgIpc) is 2.68. The van der Waals surface area contributed by atoms with Crippen molar-refractivity contribution < 1.29 is 14.2 Å². The summed E-state index contributed by atoms with van der Waals surface area (Å²) in [7, 11) is 4.74. The molecule has 0 amide bonds. The van der Waals surface area contributed by atoms with Crippen molar-refractivity contribution in [3.63, 3.8) is 0 Å². The van der Waals surface area contributed by atoms with E-state index >= 15 is 0 Å². The van der Waals surface area contributed by atoms with Gasteiger partial charge in [0.2, 0.25) is 0 Å². The number of aromatic nitrogens is 2. The molecule has 0 saturated carbocycles. The minimum absolute atomic E-state index is 0.359. The van der Waals surface area contributed by atoms with Gasteiger partial charge in [-0.15, -0.1) is 0 Å². The van der Waals surface area contributed by atoms with Crippen LogP contribution in [-0.2, 0) is 6.42 Å². The molecule has 8 heteroatoms. The summed E-state index contributed by atoms with van der Waals surface area (Å²) in [5, 5.41) is 11.7. The predicted molar refractivity (Wildman–Crippen MR) is 104 cm³/mol. The third-order valence-electron chi connectivity index (χ3n) is 4.02. The molecule has 0 bridgehead atoms. The molecule has 0 aliphatic carbocycles. The molecule has 1 aromatic heterocycles. The van der Waals surface area contributed by atoms with Gasteiger partial charge in [0.1, 0.15) is 22.8 Å². The zero-order valence-electron chi connectivity index (χ0n) is 15.1. The summed E-state index contributed by atoms with van der Waals surface area (Å²) in [6.07, 6.45) is 0.484. The highest BCUT2D eigenvalue weighted by molar-refractivity contribution is 8.03. The number of rotatable bonds is 6. The van der Waals surface area contributed by atoms with Crippen LogP contribution in [0.15, 0.2) is 35.2 Å². The molecule has 0 atom stereocenters. The number of hydrogen-bond acceptors (Lipinski definition) is 8. The Hall–Kier alpha value is -3.18. The van der Waals surface area contributed by atoms with Gasteiger partial charge in [-0.3, -0.25) is 0 Å². The van der Waals surface area contributed by atoms with Gasteiger partial charge in [-0.05, 0) is 35.5 Å². The number of anilines is 1. The molecule has 138 valence electrons. The van der Waals surface area contributed by atoms with Crippen molar-refractivity contribution >= 4 is 28.5 Å². The highest BCUT2D eigenvalue weighted by Gasteiger charge is 2.13. The standard InChI is InChI=1S/C19H18N4O3S/c1-24-14-5-4-11(6-15(14)25-2)7-18-22-13-9-16(26-3)17(27-10-20)8-12(13)19(21)23-18/h4-6,8-9H,7H2,1-3H3,(H2,21,22,23). The summed E-state index contributed by atoms with van der Waals surface area (Å²) in [5.74, 6) is 2.81. The first-order chi connectivity index (χ1) is 13.1. The maximum Gasteiger partial charge on any atom is 0.161 e. The third-order valence-corrected chi connectivity index (χ3v) is 4.65. The average molecular weight is 382 g/mol. The van der Waals surface area contributed by atoms with Crippen molar-refractivity contribution in [1.82, 2.24) is 9.97 Å². The summed E-state index contributed by atoms with van der Waals surface area (Å²) in [4.78, 5) is 9.69. The number of methoxy groups -OCH3 is 3. The molecule has 0 aliphatic rings. The number of thioether (sulfide) groups is 1. The zero-order valence-corrected chi connectivity index (χ0v) is 16.0. The fourth-order valence-corrected chi connectivity index (χ4v) is 3.27. The summed E-state index contributed by atoms with van der Waals surface area (Å²) >= 11 is 1.01. The van der Waals surface area contributed by atoms with Gasteiger partial charge in [0.15, 0.2) is 11.5 Å². The van der Waals surface area contributed by atoms with Gasteiger partial charge in [-0.2, -0.15) is 5.26 Å². The van der Waals surface area contributed by atoms with Crippen LogP contribution in [0.25, 0.3) is 10.9 Å². The smallest absolute Gasteiger partial charge is 0.161 e. The Balaban J connectivity index is 2.01. The minimum Gasteiger partial charge on any atom is -0.495 e. The zero-order chi connectivity index (χ0) is 19.4. The van der Waals surface area contributed by atoms with Gasteiger partial charge in [0.25, 0.3) is 0 Å². The number of ether oxygens (including phenoxy) is 3. The number of nitrogen functional groups attached to an aromatic ring is 1. The predicted octanol–water partition coefficient (Wildman–Crippen LogP) is 3.40. The van der Waals surface area contributed by atoms with Crippen molar-refractivity contribution in [3.8, 4) is 22.6 Å². The number of nitrogens with two attached hydrogens (primary N) is 1. The number of nitrogens with zero attached hydrogens (tertiary/aromatic N) is 3. The summed E-state index contributed by atoms with van der Waals surface area (Å²) in [6, 6.07) is 9.20. The molecule has 0 fully saturated rings. The second-order valence-electron chi connectivity index (χ2n) is 5.60. The molecule has 0 aliphatic heterocycles. The van der Waals surface area contributed by atoms with E-state index in [1.54, 1.807) is 33.5 Å². The van der Waals surface area contributed by atoms with Crippen molar-refractivity contribution in [1.29, 1.82) is 5.26 Å². The Bertz CT molecular complexity index is 1030. The molecular formula is C19H18N4O3S. The van der Waals surface area contributed by atoms with E-state index in [1.807, 2.05) is 23.6 Å². The van der Waals surface area contributed by atoms with E-state index in [0.717, 1.165) is 17.3 Å². The lowest BCUT2D eigenvalue weighted by Gasteiger charge is -2.11. The van der Waals surface area contributed by atoms with E-state index in [2.05, 4.69) is 9.97 Å². The molecule has 0 radical (unpaired) electrons. The monoisotopic (exact) mass is 382 g/mol. The van der Waals surface area contributed by atoms with E-state index in [0.29, 0.717) is 51.1 Å². The van der Waals surface area contributed by atoms with Gasteiger partial charge in [-0.1, -0.05) is 6.07 Å². The molecule has 7 nitrogen and oxygen atoms in total. The quantitative estimate of drug-likeness (QED) is 0.511. The molecule has 1 heterocycles. The number of fused-ring (bicyclic) bond motifs is 1. The Morgan fingerprint density at radius 1 is 1.00 bits per heavy atom. The van der Waals surface area contributed by atoms with Gasteiger partial charge in [0.05, 0.1) is 31.7 Å². The van der Waals surface area contributed by atoms with E-state index in [1.165, 1.54) is 0 Å². The maximum absolute atomic E-state index is 8.95. The van der Waals surface area contributed by atoms with Crippen LogP contribution in [0, 0.1) is 10.7 Å². The summed E-state index contributed by atoms with van der Waals surface area (Å²) in [5.41, 5.74) is 7.77. The van der Waals surface area contributed by atoms with Crippen molar-refractivity contribution in [2.45, 2.75) is 11.3 Å². The minimum atomic E-state index is 0.359. The van der Waals surface area contributed by atoms with Gasteiger partial charge >= 0.3 is 0 Å². The Labute approximate surface area is 161 Å². The fraction of sp³-hybridized carbons (Fsp3) is 0.211. The summed E-state index contributed by atoms with van der Waals surface area (Å²) in [6.45, 7) is 0. The van der Waals surface area contributed by atoms with E-state index in [4.69, 9.17) is 25.2 Å². The first-order valence-electron chi connectivity index (χ1n) is 8.00. The normalized spacial score (nSPS) is 10.4. The molecule has 3 aromatic rings. The lowest BCUT2D eigenvalue weighted by molar-refractivity contribution is 0.354. The summed E-state index contributed by atoms with van der Waals surface area (Å²) < 4.78 is 16.0.